The zero-order valence-corrected chi connectivity index (χ0v) is 12.6. The normalized spacial score (nSPS) is 10.8. The van der Waals surface area contributed by atoms with Gasteiger partial charge in [-0.05, 0) is 45.2 Å². The Bertz CT molecular complexity index is 453. The topological polar surface area (TPSA) is 30.7 Å². The number of thiazole rings is 1. The van der Waals surface area contributed by atoms with Crippen molar-refractivity contribution in [2.75, 3.05) is 0 Å². The Morgan fingerprint density at radius 2 is 2.21 bits per heavy atom. The predicted molar refractivity (Wildman–Crippen MR) is 73.9 cm³/mol. The van der Waals surface area contributed by atoms with Crippen LogP contribution in [0.15, 0.2) is 12.5 Å². The minimum absolute atomic E-state index is 0.588. The van der Waals surface area contributed by atoms with Gasteiger partial charge in [-0.15, -0.1) is 11.3 Å². The fourth-order valence-corrected chi connectivity index (χ4v) is 2.82. The van der Waals surface area contributed by atoms with E-state index in [2.05, 4.69) is 59.7 Å². The Kier molecular flexibility index (Phi) is 3.66. The summed E-state index contributed by atoms with van der Waals surface area (Å²) in [6.07, 6.45) is 3.63. The molecule has 0 saturated heterocycles. The summed E-state index contributed by atoms with van der Waals surface area (Å²) < 4.78 is 4.84. The first-order chi connectivity index (χ1) is 6.66. The van der Waals surface area contributed by atoms with Crippen LogP contribution in [0.25, 0.3) is 0 Å². The van der Waals surface area contributed by atoms with Crippen molar-refractivity contribution in [2.24, 2.45) is 0 Å². The molecule has 2 aromatic heterocycles. The quantitative estimate of drug-likeness (QED) is 0.657. The fraction of sp³-hybridized carbons (Fsp3) is 0.143. The van der Waals surface area contributed by atoms with Crippen LogP contribution in [0.3, 0.4) is 0 Å². The molecule has 0 aliphatic heterocycles. The first kappa shape index (κ1) is 11.1. The van der Waals surface area contributed by atoms with Crippen LogP contribution in [-0.4, -0.2) is 14.5 Å². The molecule has 0 spiro atoms. The van der Waals surface area contributed by atoms with Crippen LogP contribution in [0.4, 0.5) is 0 Å². The molecular formula is C7H4ClI2N3S. The minimum Gasteiger partial charge on any atom is -0.320 e. The number of nitrogens with zero attached hydrogens (tertiary/aromatic N) is 3. The lowest BCUT2D eigenvalue weighted by Crippen LogP contribution is -1.98. The van der Waals surface area contributed by atoms with Crippen LogP contribution in [0.5, 0.6) is 0 Å². The smallest absolute Gasteiger partial charge is 0.183 e. The van der Waals surface area contributed by atoms with Gasteiger partial charge in [0.2, 0.25) is 0 Å². The van der Waals surface area contributed by atoms with Gasteiger partial charge in [0.25, 0.3) is 0 Å². The number of rotatable bonds is 2. The Morgan fingerprint density at radius 3 is 2.71 bits per heavy atom. The average molecular weight is 451 g/mol. The molecule has 0 radical (unpaired) electrons. The van der Waals surface area contributed by atoms with E-state index in [0.29, 0.717) is 4.47 Å². The van der Waals surface area contributed by atoms with Crippen molar-refractivity contribution in [3.63, 3.8) is 0 Å². The number of hydrogen-bond acceptors (Lipinski definition) is 3. The van der Waals surface area contributed by atoms with Crippen LogP contribution >= 0.6 is 68.1 Å². The molecule has 3 nitrogen and oxygen atoms in total. The number of imidazole rings is 1. The van der Waals surface area contributed by atoms with Crippen LogP contribution < -0.4 is 0 Å². The van der Waals surface area contributed by atoms with E-state index in [0.717, 1.165) is 18.8 Å². The highest BCUT2D eigenvalue weighted by molar-refractivity contribution is 14.1. The van der Waals surface area contributed by atoms with E-state index in [1.54, 1.807) is 6.20 Å². The standard InChI is InChI=1S/C7H4ClI2N3S/c8-7-11-1-4(14-7)2-13-3-12-5(9)6(13)10/h1,3H,2H2. The third kappa shape index (κ3) is 2.39. The van der Waals surface area contributed by atoms with Crippen molar-refractivity contribution in [1.29, 1.82) is 0 Å². The molecule has 2 heterocycles. The van der Waals surface area contributed by atoms with Crippen molar-refractivity contribution >= 4 is 68.1 Å². The molecular weight excluding hydrogens is 447 g/mol. The summed E-state index contributed by atoms with van der Waals surface area (Å²) in [5, 5.41) is 0. The van der Waals surface area contributed by atoms with Gasteiger partial charge in [0.05, 0.1) is 12.9 Å². The first-order valence-electron chi connectivity index (χ1n) is 3.63. The highest BCUT2D eigenvalue weighted by Crippen LogP contribution is 2.20. The van der Waals surface area contributed by atoms with Crippen LogP contribution in [0, 0.1) is 7.40 Å². The molecule has 2 aromatic rings. The lowest BCUT2D eigenvalue weighted by molar-refractivity contribution is 0.787. The van der Waals surface area contributed by atoms with Gasteiger partial charge in [0, 0.05) is 11.1 Å². The van der Waals surface area contributed by atoms with Crippen molar-refractivity contribution < 1.29 is 0 Å². The van der Waals surface area contributed by atoms with Crippen molar-refractivity contribution in [1.82, 2.24) is 14.5 Å². The molecule has 2 rings (SSSR count). The van der Waals surface area contributed by atoms with E-state index < -0.39 is 0 Å². The summed E-state index contributed by atoms with van der Waals surface area (Å²) in [7, 11) is 0. The molecule has 0 saturated carbocycles. The zero-order valence-electron chi connectivity index (χ0n) is 6.75. The fourth-order valence-electron chi connectivity index (χ4n) is 0.978. The van der Waals surface area contributed by atoms with E-state index in [1.165, 1.54) is 11.3 Å². The Labute approximate surface area is 117 Å². The summed E-state index contributed by atoms with van der Waals surface area (Å²) in [4.78, 5) is 9.35. The largest absolute Gasteiger partial charge is 0.320 e. The van der Waals surface area contributed by atoms with E-state index in [4.69, 9.17) is 11.6 Å². The Hall–Kier alpha value is 0.590. The molecule has 7 heteroatoms. The third-order valence-corrected chi connectivity index (χ3v) is 5.64. The third-order valence-electron chi connectivity index (χ3n) is 1.58. The number of halogens is 3. The molecule has 0 amide bonds. The van der Waals surface area contributed by atoms with Gasteiger partial charge in [-0.1, -0.05) is 11.6 Å². The van der Waals surface area contributed by atoms with Crippen molar-refractivity contribution in [2.45, 2.75) is 6.54 Å². The molecule has 0 N–H and O–H groups in total. The van der Waals surface area contributed by atoms with Gasteiger partial charge in [-0.3, -0.25) is 0 Å². The molecule has 0 aliphatic rings. The number of aromatic nitrogens is 3. The van der Waals surface area contributed by atoms with E-state index in [9.17, 15) is 0 Å². The molecule has 0 bridgehead atoms. The molecule has 0 aliphatic carbocycles. The van der Waals surface area contributed by atoms with Crippen LogP contribution in [0.2, 0.25) is 4.47 Å². The molecule has 0 fully saturated rings. The second-order valence-electron chi connectivity index (χ2n) is 2.53. The molecule has 0 aromatic carbocycles. The lowest BCUT2D eigenvalue weighted by Gasteiger charge is -1.99. The van der Waals surface area contributed by atoms with Gasteiger partial charge in [-0.25, -0.2) is 9.97 Å². The maximum atomic E-state index is 5.75. The maximum absolute atomic E-state index is 5.75. The lowest BCUT2D eigenvalue weighted by atomic mass is 10.5. The average Bonchev–Trinajstić information content (AvgIpc) is 2.67. The van der Waals surface area contributed by atoms with E-state index in [1.807, 2.05) is 6.33 Å². The maximum Gasteiger partial charge on any atom is 0.183 e. The molecule has 14 heavy (non-hydrogen) atoms. The van der Waals surface area contributed by atoms with E-state index >= 15 is 0 Å². The summed E-state index contributed by atoms with van der Waals surface area (Å²) in [6, 6.07) is 0. The van der Waals surface area contributed by atoms with Gasteiger partial charge in [0.15, 0.2) is 4.47 Å². The van der Waals surface area contributed by atoms with Gasteiger partial charge < -0.3 is 4.57 Å². The summed E-state index contributed by atoms with van der Waals surface area (Å²) >= 11 is 11.7. The first-order valence-corrected chi connectivity index (χ1v) is 6.98. The Morgan fingerprint density at radius 1 is 1.43 bits per heavy atom. The number of hydrogen-bond donors (Lipinski definition) is 0. The summed E-state index contributed by atoms with van der Waals surface area (Å²) in [5.74, 6) is 0. The minimum atomic E-state index is 0.588. The molecule has 0 unspecified atom stereocenters. The Balaban J connectivity index is 2.22. The predicted octanol–water partition coefficient (Wildman–Crippen LogP) is 3.25. The second kappa shape index (κ2) is 4.62. The zero-order chi connectivity index (χ0) is 10.1. The highest BCUT2D eigenvalue weighted by Gasteiger charge is 2.06. The second-order valence-corrected chi connectivity index (χ2v) is 6.27. The molecule has 0 atom stereocenters. The summed E-state index contributed by atoms with van der Waals surface area (Å²) in [5.41, 5.74) is 0. The monoisotopic (exact) mass is 451 g/mol. The SMILES string of the molecule is Clc1ncc(Cn2cnc(I)c2I)s1. The van der Waals surface area contributed by atoms with Crippen molar-refractivity contribution in [3.05, 3.63) is 29.3 Å². The van der Waals surface area contributed by atoms with Crippen LogP contribution in [0.1, 0.15) is 4.88 Å². The molecule has 74 valence electrons. The highest BCUT2D eigenvalue weighted by atomic mass is 127. The van der Waals surface area contributed by atoms with Crippen LogP contribution in [-0.2, 0) is 6.54 Å². The van der Waals surface area contributed by atoms with Crippen molar-refractivity contribution in [3.8, 4) is 0 Å². The van der Waals surface area contributed by atoms with Gasteiger partial charge in [0.1, 0.15) is 7.40 Å². The van der Waals surface area contributed by atoms with E-state index in [-0.39, 0.29) is 0 Å². The van der Waals surface area contributed by atoms with Gasteiger partial charge in [-0.2, -0.15) is 0 Å². The van der Waals surface area contributed by atoms with Gasteiger partial charge >= 0.3 is 0 Å². The summed E-state index contributed by atoms with van der Waals surface area (Å²) in [6.45, 7) is 0.790.